The van der Waals surface area contributed by atoms with E-state index in [-0.39, 0.29) is 43.2 Å². The fraction of sp³-hybridized carbons (Fsp3) is 0.268. The van der Waals surface area contributed by atoms with Crippen LogP contribution in [0.4, 0.5) is 49.6 Å². The summed E-state index contributed by atoms with van der Waals surface area (Å²) in [7, 11) is 0. The second kappa shape index (κ2) is 21.5. The van der Waals surface area contributed by atoms with E-state index in [0.717, 1.165) is 45.2 Å². The molecule has 0 unspecified atom stereocenters. The van der Waals surface area contributed by atoms with Gasteiger partial charge in [0.2, 0.25) is 11.9 Å². The maximum atomic E-state index is 12.5. The summed E-state index contributed by atoms with van der Waals surface area (Å²) in [6.45, 7) is 3.66. The lowest BCUT2D eigenvalue weighted by atomic mass is 10.0. The highest BCUT2D eigenvalue weighted by molar-refractivity contribution is 5.97. The number of nitrogens with one attached hydrogen (secondary N) is 3. The molecule has 0 spiro atoms. The summed E-state index contributed by atoms with van der Waals surface area (Å²) in [6.07, 6.45) is 0.928. The third-order valence-corrected chi connectivity index (χ3v) is 8.22. The Morgan fingerprint density at radius 2 is 1.16 bits per heavy atom. The SMILES string of the molecule is CCC(F)(F)F.Cc1cnc(Nc2cn[nH]c2)nc1-c1ccc(C(=O)CCC#N)cc1.Cc1cnc(Nc2cnn(CC(F)(F)F)c2)nc1-c1ccc(C(=O)CCC#N)cc1. The van der Waals surface area contributed by atoms with Crippen LogP contribution in [-0.2, 0) is 6.54 Å². The fourth-order valence-corrected chi connectivity index (χ4v) is 5.12. The molecule has 0 amide bonds. The van der Waals surface area contributed by atoms with Gasteiger partial charge >= 0.3 is 12.4 Å². The van der Waals surface area contributed by atoms with Crippen molar-refractivity contribution in [1.29, 1.82) is 10.5 Å². The van der Waals surface area contributed by atoms with Gasteiger partial charge in [-0.25, -0.2) is 19.9 Å². The molecule has 0 aliphatic rings. The number of rotatable bonds is 13. The molecule has 0 bridgehead atoms. The predicted octanol–water partition coefficient (Wildman–Crippen LogP) is 9.80. The summed E-state index contributed by atoms with van der Waals surface area (Å²) in [6, 6.07) is 18.0. The third kappa shape index (κ3) is 15.0. The molecule has 6 rings (SSSR count). The average Bonchev–Trinajstić information content (AvgIpc) is 3.92. The molecule has 4 aromatic heterocycles. The van der Waals surface area contributed by atoms with Gasteiger partial charge in [0.1, 0.15) is 6.54 Å². The predicted molar refractivity (Wildman–Crippen MR) is 213 cm³/mol. The van der Waals surface area contributed by atoms with Crippen LogP contribution in [0.2, 0.25) is 0 Å². The van der Waals surface area contributed by atoms with Crippen LogP contribution in [0.1, 0.15) is 70.9 Å². The topological polar surface area (TPSA) is 204 Å². The molecule has 4 heterocycles. The number of anilines is 4. The van der Waals surface area contributed by atoms with Crippen molar-refractivity contribution in [2.75, 3.05) is 10.6 Å². The monoisotopic (exact) mass is 844 g/mol. The summed E-state index contributed by atoms with van der Waals surface area (Å²) >= 11 is 0. The molecule has 0 aliphatic carbocycles. The standard InChI is InChI=1S/C20H17F3N6O.C18H16N6O.C3H5F3/c1-13-9-25-19(27-16-10-26-29(11-16)12-20(21,22)23)28-18(13)15-6-4-14(5-7-15)17(30)3-2-8-24;1-12-9-20-18(23-15-10-21-22-11-15)24-17(12)14-6-4-13(5-7-14)16(25)3-2-8-19;1-2-3(4,5)6/h4-7,9-11H,2-3,12H2,1H3,(H,25,27,28);4-7,9-11H,2-3H2,1H3,(H,21,22)(H,20,23,24);2H2,1H3. The number of benzene rings is 2. The molecule has 0 atom stereocenters. The number of aryl methyl sites for hydroxylation is 2. The first-order valence-electron chi connectivity index (χ1n) is 18.4. The number of nitriles is 2. The Morgan fingerprint density at radius 3 is 1.56 bits per heavy atom. The minimum absolute atomic E-state index is 0.0326. The normalized spacial score (nSPS) is 10.9. The van der Waals surface area contributed by atoms with Crippen molar-refractivity contribution in [2.45, 2.75) is 71.8 Å². The number of Topliss-reactive ketones (excluding diaryl/α,β-unsaturated/α-hetero) is 2. The van der Waals surface area contributed by atoms with Gasteiger partial charge in [-0.3, -0.25) is 19.4 Å². The highest BCUT2D eigenvalue weighted by Gasteiger charge is 2.28. The minimum Gasteiger partial charge on any atom is -0.321 e. The van der Waals surface area contributed by atoms with Gasteiger partial charge in [0.25, 0.3) is 0 Å². The van der Waals surface area contributed by atoms with Gasteiger partial charge in [-0.15, -0.1) is 0 Å². The first kappa shape index (κ1) is 46.2. The van der Waals surface area contributed by atoms with Crippen molar-refractivity contribution in [3.05, 3.63) is 108 Å². The van der Waals surface area contributed by atoms with Crippen LogP contribution in [0.5, 0.6) is 0 Å². The van der Waals surface area contributed by atoms with Crippen LogP contribution in [0.3, 0.4) is 0 Å². The fourth-order valence-electron chi connectivity index (χ4n) is 5.12. The Morgan fingerprint density at radius 1 is 0.705 bits per heavy atom. The summed E-state index contributed by atoms with van der Waals surface area (Å²) in [5.74, 6) is 0.531. The van der Waals surface area contributed by atoms with E-state index in [0.29, 0.717) is 28.5 Å². The van der Waals surface area contributed by atoms with E-state index in [4.69, 9.17) is 10.5 Å². The Kier molecular flexibility index (Phi) is 16.3. The van der Waals surface area contributed by atoms with Crippen LogP contribution >= 0.6 is 0 Å². The van der Waals surface area contributed by atoms with Crippen molar-refractivity contribution in [2.24, 2.45) is 0 Å². The summed E-state index contributed by atoms with van der Waals surface area (Å²) in [4.78, 5) is 41.4. The molecule has 2 aromatic carbocycles. The maximum Gasteiger partial charge on any atom is 0.408 e. The molecule has 14 nitrogen and oxygen atoms in total. The van der Waals surface area contributed by atoms with Gasteiger partial charge in [0, 0.05) is 79.1 Å². The van der Waals surface area contributed by atoms with Gasteiger partial charge < -0.3 is 10.6 Å². The van der Waals surface area contributed by atoms with Crippen molar-refractivity contribution in [3.63, 3.8) is 0 Å². The molecule has 316 valence electrons. The molecule has 0 saturated carbocycles. The number of aromatic nitrogens is 8. The van der Waals surface area contributed by atoms with Gasteiger partial charge in [-0.1, -0.05) is 55.5 Å². The quantitative estimate of drug-likeness (QED) is 0.0734. The molecule has 0 radical (unpaired) electrons. The van der Waals surface area contributed by atoms with E-state index >= 15 is 0 Å². The van der Waals surface area contributed by atoms with Crippen LogP contribution in [-0.4, -0.2) is 63.8 Å². The third-order valence-electron chi connectivity index (χ3n) is 8.22. The smallest absolute Gasteiger partial charge is 0.321 e. The zero-order chi connectivity index (χ0) is 44.6. The Bertz CT molecular complexity index is 2450. The Balaban J connectivity index is 0.000000240. The molecule has 20 heteroatoms. The van der Waals surface area contributed by atoms with Gasteiger partial charge in [-0.2, -0.15) is 47.1 Å². The van der Waals surface area contributed by atoms with E-state index in [9.17, 15) is 35.9 Å². The Labute approximate surface area is 345 Å². The van der Waals surface area contributed by atoms with Crippen molar-refractivity contribution < 1.29 is 35.9 Å². The average molecular weight is 845 g/mol. The molecule has 6 aromatic rings. The second-order valence-corrected chi connectivity index (χ2v) is 13.0. The van der Waals surface area contributed by atoms with Crippen molar-refractivity contribution in [3.8, 4) is 34.7 Å². The molecular weight excluding hydrogens is 807 g/mol. The number of nitrogens with zero attached hydrogens (tertiary/aromatic N) is 9. The highest BCUT2D eigenvalue weighted by atomic mass is 19.4. The van der Waals surface area contributed by atoms with Crippen molar-refractivity contribution >= 4 is 34.8 Å². The molecule has 0 saturated heterocycles. The lowest BCUT2D eigenvalue weighted by Crippen LogP contribution is -2.17. The molecule has 0 fully saturated rings. The number of carbonyl (C=O) groups is 2. The van der Waals surface area contributed by atoms with Crippen molar-refractivity contribution in [1.82, 2.24) is 39.9 Å². The second-order valence-electron chi connectivity index (χ2n) is 13.0. The van der Waals surface area contributed by atoms with Gasteiger partial charge in [0.05, 0.1) is 47.3 Å². The summed E-state index contributed by atoms with van der Waals surface area (Å²) in [5, 5.41) is 33.3. The van der Waals surface area contributed by atoms with E-state index in [2.05, 4.69) is 45.9 Å². The van der Waals surface area contributed by atoms with E-state index in [1.54, 1.807) is 61.2 Å². The first-order valence-corrected chi connectivity index (χ1v) is 18.4. The zero-order valence-electron chi connectivity index (χ0n) is 32.9. The summed E-state index contributed by atoms with van der Waals surface area (Å²) < 4.78 is 70.5. The van der Waals surface area contributed by atoms with E-state index in [1.807, 2.05) is 38.1 Å². The molecule has 61 heavy (non-hydrogen) atoms. The zero-order valence-corrected chi connectivity index (χ0v) is 32.9. The first-order chi connectivity index (χ1) is 29.0. The van der Waals surface area contributed by atoms with Crippen LogP contribution in [0, 0.1) is 36.5 Å². The Hall–Kier alpha value is -7.48. The number of ketones is 2. The largest absolute Gasteiger partial charge is 0.408 e. The molecular formula is C41H38F6N12O2. The summed E-state index contributed by atoms with van der Waals surface area (Å²) in [5.41, 5.74) is 6.98. The number of halogens is 6. The minimum atomic E-state index is -4.36. The maximum absolute atomic E-state index is 12.5. The van der Waals surface area contributed by atoms with E-state index in [1.165, 1.54) is 12.4 Å². The van der Waals surface area contributed by atoms with Crippen LogP contribution in [0.25, 0.3) is 22.5 Å². The van der Waals surface area contributed by atoms with Crippen LogP contribution in [0.15, 0.2) is 85.7 Å². The number of alkyl halides is 6. The highest BCUT2D eigenvalue weighted by Crippen LogP contribution is 2.26. The number of hydrogen-bond donors (Lipinski definition) is 3. The van der Waals surface area contributed by atoms with Gasteiger partial charge in [0.15, 0.2) is 11.6 Å². The number of hydrogen-bond acceptors (Lipinski definition) is 12. The van der Waals surface area contributed by atoms with Crippen LogP contribution < -0.4 is 10.6 Å². The van der Waals surface area contributed by atoms with E-state index < -0.39 is 25.3 Å². The molecule has 3 N–H and O–H groups in total. The number of H-pyrrole nitrogens is 1. The lowest BCUT2D eigenvalue weighted by Gasteiger charge is -2.09. The van der Waals surface area contributed by atoms with Gasteiger partial charge in [-0.05, 0) is 25.0 Å². The molecule has 0 aliphatic heterocycles. The number of aromatic amines is 1. The number of carbonyl (C=O) groups excluding carboxylic acids is 2. The lowest BCUT2D eigenvalue weighted by molar-refractivity contribution is -0.142.